The van der Waals surface area contributed by atoms with E-state index in [2.05, 4.69) is 37.0 Å². The van der Waals surface area contributed by atoms with Crippen molar-refractivity contribution in [1.29, 1.82) is 0 Å². The van der Waals surface area contributed by atoms with Gasteiger partial charge in [0.05, 0.1) is 0 Å². The van der Waals surface area contributed by atoms with E-state index in [0.29, 0.717) is 12.2 Å². The van der Waals surface area contributed by atoms with Crippen molar-refractivity contribution in [2.24, 2.45) is 0 Å². The Morgan fingerprint density at radius 2 is 1.09 bits per heavy atom. The molecule has 0 atom stereocenters. The molecule has 0 N–H and O–H groups in total. The molecule has 0 saturated heterocycles. The van der Waals surface area contributed by atoms with Crippen LogP contribution in [0.3, 0.4) is 0 Å². The maximum absolute atomic E-state index is 5.74. The van der Waals surface area contributed by atoms with Gasteiger partial charge in [0, 0.05) is 0 Å². The molecule has 0 rings (SSSR count). The van der Waals surface area contributed by atoms with Crippen molar-refractivity contribution in [2.45, 2.75) is 49.2 Å². The molecule has 0 fully saturated rings. The third kappa shape index (κ3) is 7.17. The zero-order valence-corrected chi connectivity index (χ0v) is 10.9. The van der Waals surface area contributed by atoms with Crippen molar-refractivity contribution in [3.8, 4) is 0 Å². The third-order valence-corrected chi connectivity index (χ3v) is 6.15. The van der Waals surface area contributed by atoms with Gasteiger partial charge in [-0.2, -0.15) is 0 Å². The van der Waals surface area contributed by atoms with Crippen LogP contribution in [0.1, 0.15) is 27.7 Å². The van der Waals surface area contributed by atoms with Gasteiger partial charge in [0.25, 0.3) is 0 Å². The summed E-state index contributed by atoms with van der Waals surface area (Å²) in [5.74, 6) is 0. The third-order valence-electron chi connectivity index (χ3n) is 1.04. The van der Waals surface area contributed by atoms with Gasteiger partial charge in [-0.05, 0) is 0 Å². The number of hydrogen-bond acceptors (Lipinski definition) is 2. The molecule has 0 amide bonds. The molecule has 2 nitrogen and oxygen atoms in total. The molecule has 0 aliphatic carbocycles. The molecule has 68 valence electrons. The number of hydrogen-bond donors (Lipinski definition) is 0. The van der Waals surface area contributed by atoms with Crippen LogP contribution >= 0.6 is 0 Å². The molecule has 0 aliphatic rings. The average Bonchev–Trinajstić information content (AvgIpc) is 1.53. The van der Waals surface area contributed by atoms with Crippen LogP contribution in [0.4, 0.5) is 0 Å². The Bertz CT molecular complexity index is 98.7. The van der Waals surface area contributed by atoms with E-state index in [-0.39, 0.29) is 0 Å². The molecule has 0 bridgehead atoms. The molecule has 0 aliphatic heterocycles. The fourth-order valence-corrected chi connectivity index (χ4v) is 6.88. The molecular formula is C8H20O2Zr. The van der Waals surface area contributed by atoms with Gasteiger partial charge in [-0.3, -0.25) is 0 Å². The molecule has 0 saturated carbocycles. The van der Waals surface area contributed by atoms with Gasteiger partial charge < -0.3 is 0 Å². The van der Waals surface area contributed by atoms with Crippen LogP contribution in [0.5, 0.6) is 0 Å². The van der Waals surface area contributed by atoms with Gasteiger partial charge in [0.15, 0.2) is 0 Å². The second-order valence-electron chi connectivity index (χ2n) is 3.73. The molecule has 0 radical (unpaired) electrons. The quantitative estimate of drug-likeness (QED) is 0.751. The van der Waals surface area contributed by atoms with Gasteiger partial charge in [0.2, 0.25) is 0 Å². The van der Waals surface area contributed by atoms with E-state index in [1.165, 1.54) is 0 Å². The average molecular weight is 239 g/mol. The number of rotatable bonds is 4. The second kappa shape index (κ2) is 4.74. The summed E-state index contributed by atoms with van der Waals surface area (Å²) in [6.45, 7) is 8.23. The van der Waals surface area contributed by atoms with E-state index < -0.39 is 21.1 Å². The molecule has 3 heteroatoms. The first-order valence-corrected chi connectivity index (χ1v) is 11.1. The summed E-state index contributed by atoms with van der Waals surface area (Å²) in [7, 11) is 0. The summed E-state index contributed by atoms with van der Waals surface area (Å²) in [6.07, 6.45) is 0.610. The summed E-state index contributed by atoms with van der Waals surface area (Å²) in [5, 5.41) is 0. The summed E-state index contributed by atoms with van der Waals surface area (Å²) in [4.78, 5) is 0. The molecule has 0 aromatic rings. The Hall–Kier alpha value is 0.803. The fourth-order valence-electron chi connectivity index (χ4n) is 1.16. The van der Waals surface area contributed by atoms with E-state index in [0.717, 1.165) is 0 Å². The van der Waals surface area contributed by atoms with E-state index in [1.54, 1.807) is 0 Å². The monoisotopic (exact) mass is 238 g/mol. The second-order valence-corrected chi connectivity index (χ2v) is 11.8. The molecule has 0 heterocycles. The van der Waals surface area contributed by atoms with Crippen LogP contribution in [-0.2, 0) is 26.8 Å². The Kier molecular flexibility index (Phi) is 5.08. The van der Waals surface area contributed by atoms with E-state index in [9.17, 15) is 0 Å². The van der Waals surface area contributed by atoms with E-state index in [1.807, 2.05) is 0 Å². The molecule has 0 spiro atoms. The predicted molar refractivity (Wildman–Crippen MR) is 44.2 cm³/mol. The topological polar surface area (TPSA) is 18.5 Å². The zero-order valence-electron chi connectivity index (χ0n) is 8.47. The standard InChI is InChI=1S/2C3H7O.2CH3.Zr/c2*1-3(2)4;;;/h2*3H,1-2H3;2*1H3;/q2*-1;;;+2. The van der Waals surface area contributed by atoms with Crippen LogP contribution in [0.2, 0.25) is 9.26 Å². The zero-order chi connectivity index (χ0) is 9.07. The first-order valence-electron chi connectivity index (χ1n) is 4.19. The van der Waals surface area contributed by atoms with Crippen molar-refractivity contribution < 1.29 is 26.8 Å². The molecular weight excluding hydrogens is 219 g/mol. The molecule has 0 unspecified atom stereocenters. The Labute approximate surface area is 75.9 Å². The predicted octanol–water partition coefficient (Wildman–Crippen LogP) is 2.92. The summed E-state index contributed by atoms with van der Waals surface area (Å²) in [6, 6.07) is 0. The minimum absolute atomic E-state index is 0.305. The van der Waals surface area contributed by atoms with Crippen molar-refractivity contribution in [2.75, 3.05) is 0 Å². The van der Waals surface area contributed by atoms with Crippen LogP contribution in [0.15, 0.2) is 0 Å². The Morgan fingerprint density at radius 3 is 1.27 bits per heavy atom. The van der Waals surface area contributed by atoms with Crippen LogP contribution in [0, 0.1) is 0 Å². The minimum atomic E-state index is -2.53. The summed E-state index contributed by atoms with van der Waals surface area (Å²) in [5.41, 5.74) is 0. The van der Waals surface area contributed by atoms with Gasteiger partial charge in [-0.1, -0.05) is 0 Å². The summed E-state index contributed by atoms with van der Waals surface area (Å²) >= 11 is -2.53. The summed E-state index contributed by atoms with van der Waals surface area (Å²) < 4.78 is 15.8. The Balaban J connectivity index is 3.79. The molecule has 0 aromatic heterocycles. The van der Waals surface area contributed by atoms with Gasteiger partial charge in [-0.15, -0.1) is 0 Å². The SMILES string of the molecule is CC(C)[O][Zr]([CH3])([CH3])[O]C(C)C. The van der Waals surface area contributed by atoms with Gasteiger partial charge >= 0.3 is 75.9 Å². The van der Waals surface area contributed by atoms with Gasteiger partial charge in [0.1, 0.15) is 0 Å². The molecule has 0 aromatic carbocycles. The first kappa shape index (κ1) is 11.8. The van der Waals surface area contributed by atoms with Crippen molar-refractivity contribution in [3.63, 3.8) is 0 Å². The fraction of sp³-hybridized carbons (Fsp3) is 1.00. The maximum atomic E-state index is 5.74. The van der Waals surface area contributed by atoms with E-state index >= 15 is 0 Å². The van der Waals surface area contributed by atoms with Crippen molar-refractivity contribution >= 4 is 0 Å². The first-order chi connectivity index (χ1) is 4.83. The van der Waals surface area contributed by atoms with Crippen LogP contribution in [-0.4, -0.2) is 12.2 Å². The molecule has 11 heavy (non-hydrogen) atoms. The van der Waals surface area contributed by atoms with Crippen LogP contribution < -0.4 is 0 Å². The van der Waals surface area contributed by atoms with Crippen LogP contribution in [0.25, 0.3) is 0 Å². The Morgan fingerprint density at radius 1 is 0.818 bits per heavy atom. The van der Waals surface area contributed by atoms with Crippen molar-refractivity contribution in [1.82, 2.24) is 0 Å². The van der Waals surface area contributed by atoms with E-state index in [4.69, 9.17) is 5.63 Å². The normalized spacial score (nSPS) is 13.1. The van der Waals surface area contributed by atoms with Crippen molar-refractivity contribution in [3.05, 3.63) is 0 Å². The van der Waals surface area contributed by atoms with Gasteiger partial charge in [-0.25, -0.2) is 0 Å².